The maximum Gasteiger partial charge on any atom is 0.231 e. The van der Waals surface area contributed by atoms with Gasteiger partial charge in [0.25, 0.3) is 0 Å². The Bertz CT molecular complexity index is 1020. The van der Waals surface area contributed by atoms with Crippen molar-refractivity contribution < 1.29 is 4.52 Å². The summed E-state index contributed by atoms with van der Waals surface area (Å²) < 4.78 is 5.55. The number of rotatable bonds is 5. The Kier molecular flexibility index (Phi) is 4.25. The maximum absolute atomic E-state index is 5.55. The van der Waals surface area contributed by atoms with Gasteiger partial charge in [0.1, 0.15) is 0 Å². The first-order chi connectivity index (χ1) is 12.6. The van der Waals surface area contributed by atoms with Gasteiger partial charge in [-0.15, -0.1) is 0 Å². The Morgan fingerprint density at radius 2 is 1.73 bits per heavy atom. The van der Waals surface area contributed by atoms with Crippen LogP contribution in [0.25, 0.3) is 10.9 Å². The topological polar surface area (TPSA) is 51.8 Å². The third kappa shape index (κ3) is 3.36. The van der Waals surface area contributed by atoms with E-state index in [-0.39, 0.29) is 5.41 Å². The third-order valence-electron chi connectivity index (χ3n) is 4.62. The molecule has 0 N–H and O–H groups in total. The summed E-state index contributed by atoms with van der Waals surface area (Å²) in [6.45, 7) is 4.29. The summed E-state index contributed by atoms with van der Waals surface area (Å²) in [5.74, 6) is 1.36. The highest BCUT2D eigenvalue weighted by Gasteiger charge is 2.27. The van der Waals surface area contributed by atoms with Crippen LogP contribution < -0.4 is 0 Å². The standard InChI is InChI=1S/C22H21N3O/c1-22(2,15-16-8-4-3-5-9-16)21-24-19(26-25-21)14-18-11-6-10-17-12-7-13-23-20(17)18/h3-13H,14-15H2,1-2H3. The molecule has 4 aromatic rings. The van der Waals surface area contributed by atoms with Gasteiger partial charge in [0.15, 0.2) is 5.82 Å². The van der Waals surface area contributed by atoms with E-state index in [0.29, 0.717) is 12.3 Å². The van der Waals surface area contributed by atoms with Crippen molar-refractivity contribution in [2.75, 3.05) is 0 Å². The van der Waals surface area contributed by atoms with E-state index in [4.69, 9.17) is 4.52 Å². The molecule has 4 rings (SSSR count). The molecule has 0 unspecified atom stereocenters. The van der Waals surface area contributed by atoms with E-state index in [1.807, 2.05) is 24.4 Å². The van der Waals surface area contributed by atoms with E-state index in [0.717, 1.165) is 28.7 Å². The van der Waals surface area contributed by atoms with Gasteiger partial charge >= 0.3 is 0 Å². The number of fused-ring (bicyclic) bond motifs is 1. The second kappa shape index (κ2) is 6.71. The first-order valence-corrected chi connectivity index (χ1v) is 8.81. The smallest absolute Gasteiger partial charge is 0.231 e. The summed E-state index contributed by atoms with van der Waals surface area (Å²) in [7, 11) is 0. The fourth-order valence-electron chi connectivity index (χ4n) is 3.26. The van der Waals surface area contributed by atoms with Gasteiger partial charge in [0.05, 0.1) is 11.9 Å². The number of hydrogen-bond donors (Lipinski definition) is 0. The molecule has 0 atom stereocenters. The van der Waals surface area contributed by atoms with Crippen molar-refractivity contribution in [1.29, 1.82) is 0 Å². The molecule has 2 heterocycles. The molecule has 0 aliphatic carbocycles. The lowest BCUT2D eigenvalue weighted by molar-refractivity contribution is 0.363. The molecule has 2 aromatic heterocycles. The summed E-state index contributed by atoms with van der Waals surface area (Å²) in [4.78, 5) is 9.17. The average molecular weight is 343 g/mol. The number of pyridine rings is 1. The van der Waals surface area contributed by atoms with Crippen molar-refractivity contribution >= 4 is 10.9 Å². The van der Waals surface area contributed by atoms with E-state index in [1.54, 1.807) is 0 Å². The molecule has 4 nitrogen and oxygen atoms in total. The minimum absolute atomic E-state index is 0.194. The molecule has 0 saturated carbocycles. The molecule has 130 valence electrons. The van der Waals surface area contributed by atoms with E-state index >= 15 is 0 Å². The first-order valence-electron chi connectivity index (χ1n) is 8.81. The molecule has 2 aromatic carbocycles. The number of para-hydroxylation sites is 1. The number of benzene rings is 2. The van der Waals surface area contributed by atoms with Crippen molar-refractivity contribution in [1.82, 2.24) is 15.1 Å². The highest BCUT2D eigenvalue weighted by molar-refractivity contribution is 5.81. The van der Waals surface area contributed by atoms with E-state index in [2.05, 4.69) is 71.4 Å². The van der Waals surface area contributed by atoms with Gasteiger partial charge in [0.2, 0.25) is 5.89 Å². The van der Waals surface area contributed by atoms with Crippen molar-refractivity contribution in [2.45, 2.75) is 32.1 Å². The van der Waals surface area contributed by atoms with Crippen molar-refractivity contribution in [3.05, 3.63) is 89.7 Å². The number of nitrogens with zero attached hydrogens (tertiary/aromatic N) is 3. The van der Waals surface area contributed by atoms with Crippen LogP contribution in [0.4, 0.5) is 0 Å². The zero-order chi connectivity index (χ0) is 18.0. The Hall–Kier alpha value is -3.01. The monoisotopic (exact) mass is 343 g/mol. The fourth-order valence-corrected chi connectivity index (χ4v) is 3.26. The molecule has 0 aliphatic rings. The van der Waals surface area contributed by atoms with Gasteiger partial charge in [-0.2, -0.15) is 4.98 Å². The van der Waals surface area contributed by atoms with Gasteiger partial charge in [-0.05, 0) is 23.6 Å². The predicted molar refractivity (Wildman–Crippen MR) is 102 cm³/mol. The van der Waals surface area contributed by atoms with Gasteiger partial charge in [-0.1, -0.05) is 73.6 Å². The number of aromatic nitrogens is 3. The largest absolute Gasteiger partial charge is 0.339 e. The first kappa shape index (κ1) is 16.5. The lowest BCUT2D eigenvalue weighted by Crippen LogP contribution is -2.22. The van der Waals surface area contributed by atoms with Crippen LogP contribution in [-0.2, 0) is 18.3 Å². The summed E-state index contributed by atoms with van der Waals surface area (Å²) >= 11 is 0. The summed E-state index contributed by atoms with van der Waals surface area (Å²) in [6.07, 6.45) is 3.26. The molecule has 0 saturated heterocycles. The molecule has 0 radical (unpaired) electrons. The van der Waals surface area contributed by atoms with Gasteiger partial charge in [-0.25, -0.2) is 0 Å². The lowest BCUT2D eigenvalue weighted by Gasteiger charge is -2.20. The second-order valence-electron chi connectivity index (χ2n) is 7.23. The molecule has 0 fully saturated rings. The van der Waals surface area contributed by atoms with Gasteiger partial charge in [-0.3, -0.25) is 4.98 Å². The SMILES string of the molecule is CC(C)(Cc1ccccc1)c1noc(Cc2cccc3cccnc23)n1. The zero-order valence-electron chi connectivity index (χ0n) is 15.0. The van der Waals surface area contributed by atoms with Crippen LogP contribution in [0.2, 0.25) is 0 Å². The van der Waals surface area contributed by atoms with Crippen molar-refractivity contribution in [2.24, 2.45) is 0 Å². The zero-order valence-corrected chi connectivity index (χ0v) is 15.0. The molecule has 0 bridgehead atoms. The minimum atomic E-state index is -0.194. The van der Waals surface area contributed by atoms with E-state index in [9.17, 15) is 0 Å². The Morgan fingerprint density at radius 1 is 0.923 bits per heavy atom. The Morgan fingerprint density at radius 3 is 2.58 bits per heavy atom. The van der Waals surface area contributed by atoms with Crippen LogP contribution >= 0.6 is 0 Å². The molecule has 0 spiro atoms. The van der Waals surface area contributed by atoms with Gasteiger partial charge < -0.3 is 4.52 Å². The molecule has 0 aliphatic heterocycles. The Balaban J connectivity index is 1.58. The van der Waals surface area contributed by atoms with E-state index in [1.165, 1.54) is 5.56 Å². The quantitative estimate of drug-likeness (QED) is 0.526. The highest BCUT2D eigenvalue weighted by atomic mass is 16.5. The van der Waals surface area contributed by atoms with E-state index < -0.39 is 0 Å². The second-order valence-corrected chi connectivity index (χ2v) is 7.23. The van der Waals surface area contributed by atoms with Gasteiger partial charge in [0, 0.05) is 17.0 Å². The summed E-state index contributed by atoms with van der Waals surface area (Å²) in [6, 6.07) is 20.6. The normalized spacial score (nSPS) is 11.8. The lowest BCUT2D eigenvalue weighted by atomic mass is 9.85. The summed E-state index contributed by atoms with van der Waals surface area (Å²) in [5.41, 5.74) is 3.15. The van der Waals surface area contributed by atoms with Crippen LogP contribution in [0, 0.1) is 0 Å². The molecular formula is C22H21N3O. The number of hydrogen-bond acceptors (Lipinski definition) is 4. The highest BCUT2D eigenvalue weighted by Crippen LogP contribution is 2.26. The maximum atomic E-state index is 5.55. The van der Waals surface area contributed by atoms with Crippen LogP contribution in [0.15, 0.2) is 71.4 Å². The predicted octanol–water partition coefficient (Wildman–Crippen LogP) is 4.73. The molecule has 26 heavy (non-hydrogen) atoms. The van der Waals surface area contributed by atoms with Crippen LogP contribution in [0.5, 0.6) is 0 Å². The summed E-state index contributed by atoms with van der Waals surface area (Å²) in [5, 5.41) is 5.37. The third-order valence-corrected chi connectivity index (χ3v) is 4.62. The minimum Gasteiger partial charge on any atom is -0.339 e. The molecule has 0 amide bonds. The van der Waals surface area contributed by atoms with Crippen molar-refractivity contribution in [3.63, 3.8) is 0 Å². The Labute approximate surface area is 152 Å². The average Bonchev–Trinajstić information content (AvgIpc) is 3.12. The van der Waals surface area contributed by atoms with Crippen LogP contribution in [-0.4, -0.2) is 15.1 Å². The molecule has 4 heteroatoms. The molecular weight excluding hydrogens is 322 g/mol. The van der Waals surface area contributed by atoms with Crippen LogP contribution in [0.1, 0.15) is 36.7 Å². The van der Waals surface area contributed by atoms with Crippen LogP contribution in [0.3, 0.4) is 0 Å². The fraction of sp³-hybridized carbons (Fsp3) is 0.227. The van der Waals surface area contributed by atoms with Crippen molar-refractivity contribution in [3.8, 4) is 0 Å².